The Kier molecular flexibility index (Phi) is 4.91. The van der Waals surface area contributed by atoms with E-state index in [-0.39, 0.29) is 0 Å². The van der Waals surface area contributed by atoms with E-state index in [1.54, 1.807) is 0 Å². The highest BCUT2D eigenvalue weighted by atomic mass is 35.5. The molecule has 0 amide bonds. The fourth-order valence-corrected chi connectivity index (χ4v) is 3.03. The highest BCUT2D eigenvalue weighted by molar-refractivity contribution is 6.30. The first-order chi connectivity index (χ1) is 10.3. The SMILES string of the molecule is Clc1ccc(C2CCN(Cc3ccccc3)CCN2)cc1. The van der Waals surface area contributed by atoms with Gasteiger partial charge in [0.15, 0.2) is 0 Å². The van der Waals surface area contributed by atoms with Crippen LogP contribution in [-0.2, 0) is 6.54 Å². The molecule has 1 heterocycles. The molecule has 0 aromatic heterocycles. The van der Waals surface area contributed by atoms with Crippen molar-refractivity contribution < 1.29 is 0 Å². The third-order valence-corrected chi connectivity index (χ3v) is 4.33. The van der Waals surface area contributed by atoms with Gasteiger partial charge in [0.25, 0.3) is 0 Å². The Hall–Kier alpha value is -1.35. The van der Waals surface area contributed by atoms with Gasteiger partial charge in [-0.25, -0.2) is 0 Å². The summed E-state index contributed by atoms with van der Waals surface area (Å²) in [7, 11) is 0. The second-order valence-electron chi connectivity index (χ2n) is 5.61. The molecule has 2 nitrogen and oxygen atoms in total. The summed E-state index contributed by atoms with van der Waals surface area (Å²) in [4.78, 5) is 2.53. The molecule has 1 fully saturated rings. The molecule has 0 bridgehead atoms. The summed E-state index contributed by atoms with van der Waals surface area (Å²) >= 11 is 5.97. The van der Waals surface area contributed by atoms with E-state index < -0.39 is 0 Å². The van der Waals surface area contributed by atoms with E-state index in [2.05, 4.69) is 52.7 Å². The van der Waals surface area contributed by atoms with Crippen molar-refractivity contribution in [1.29, 1.82) is 0 Å². The molecular weight excluding hydrogens is 280 g/mol. The Morgan fingerprint density at radius 1 is 1.00 bits per heavy atom. The molecule has 2 aromatic rings. The Morgan fingerprint density at radius 3 is 2.52 bits per heavy atom. The van der Waals surface area contributed by atoms with Gasteiger partial charge in [-0.05, 0) is 29.7 Å². The zero-order valence-electron chi connectivity index (χ0n) is 12.1. The molecule has 0 aliphatic carbocycles. The maximum atomic E-state index is 5.97. The molecule has 0 spiro atoms. The van der Waals surface area contributed by atoms with Gasteiger partial charge in [0.1, 0.15) is 0 Å². The van der Waals surface area contributed by atoms with Crippen molar-refractivity contribution in [2.75, 3.05) is 19.6 Å². The third kappa shape index (κ3) is 4.07. The van der Waals surface area contributed by atoms with Crippen LogP contribution in [0.2, 0.25) is 5.02 Å². The van der Waals surface area contributed by atoms with E-state index in [1.165, 1.54) is 11.1 Å². The molecule has 1 atom stereocenters. The number of hydrogen-bond acceptors (Lipinski definition) is 2. The summed E-state index contributed by atoms with van der Waals surface area (Å²) in [5, 5.41) is 4.45. The highest BCUT2D eigenvalue weighted by Gasteiger charge is 2.17. The van der Waals surface area contributed by atoms with Crippen LogP contribution in [0.4, 0.5) is 0 Å². The number of hydrogen-bond donors (Lipinski definition) is 1. The van der Waals surface area contributed by atoms with Gasteiger partial charge in [0, 0.05) is 37.2 Å². The molecular formula is C18H21ClN2. The first-order valence-electron chi connectivity index (χ1n) is 7.56. The summed E-state index contributed by atoms with van der Waals surface area (Å²) in [6.45, 7) is 4.28. The Bertz CT molecular complexity index is 553. The fourth-order valence-electron chi connectivity index (χ4n) is 2.90. The summed E-state index contributed by atoms with van der Waals surface area (Å²) < 4.78 is 0. The molecule has 0 saturated carbocycles. The number of nitrogens with one attached hydrogen (secondary N) is 1. The predicted molar refractivity (Wildman–Crippen MR) is 88.5 cm³/mol. The highest BCUT2D eigenvalue weighted by Crippen LogP contribution is 2.21. The Balaban J connectivity index is 1.60. The normalized spacial score (nSPS) is 20.1. The van der Waals surface area contributed by atoms with Crippen molar-refractivity contribution in [1.82, 2.24) is 10.2 Å². The lowest BCUT2D eigenvalue weighted by atomic mass is 10.0. The van der Waals surface area contributed by atoms with Crippen LogP contribution in [0.15, 0.2) is 54.6 Å². The van der Waals surface area contributed by atoms with E-state index in [1.807, 2.05) is 12.1 Å². The summed E-state index contributed by atoms with van der Waals surface area (Å²) in [6, 6.07) is 19.4. The van der Waals surface area contributed by atoms with Crippen LogP contribution >= 0.6 is 11.6 Å². The summed E-state index contributed by atoms with van der Waals surface area (Å²) in [6.07, 6.45) is 1.13. The average Bonchev–Trinajstić information content (AvgIpc) is 2.75. The van der Waals surface area contributed by atoms with Gasteiger partial charge in [0.2, 0.25) is 0 Å². The molecule has 1 saturated heterocycles. The van der Waals surface area contributed by atoms with Gasteiger partial charge >= 0.3 is 0 Å². The van der Waals surface area contributed by atoms with E-state index in [9.17, 15) is 0 Å². The molecule has 3 rings (SSSR count). The van der Waals surface area contributed by atoms with Crippen molar-refractivity contribution in [2.24, 2.45) is 0 Å². The first kappa shape index (κ1) is 14.6. The van der Waals surface area contributed by atoms with Gasteiger partial charge in [-0.1, -0.05) is 54.1 Å². The maximum absolute atomic E-state index is 5.97. The van der Waals surface area contributed by atoms with Crippen LogP contribution in [0.3, 0.4) is 0 Å². The standard InChI is InChI=1S/C18H21ClN2/c19-17-8-6-16(7-9-17)18-10-12-21(13-11-20-18)14-15-4-2-1-3-5-15/h1-9,18,20H,10-14H2. The summed E-state index contributed by atoms with van der Waals surface area (Å²) in [5.41, 5.74) is 2.73. The van der Waals surface area contributed by atoms with Crippen LogP contribution in [0.5, 0.6) is 0 Å². The molecule has 1 N–H and O–H groups in total. The second kappa shape index (κ2) is 7.08. The number of halogens is 1. The van der Waals surface area contributed by atoms with Crippen LogP contribution in [-0.4, -0.2) is 24.5 Å². The van der Waals surface area contributed by atoms with Gasteiger partial charge in [-0.3, -0.25) is 4.90 Å². The lowest BCUT2D eigenvalue weighted by Gasteiger charge is -2.19. The van der Waals surface area contributed by atoms with Crippen LogP contribution in [0.25, 0.3) is 0 Å². The minimum atomic E-state index is 0.433. The second-order valence-corrected chi connectivity index (χ2v) is 6.05. The minimum absolute atomic E-state index is 0.433. The lowest BCUT2D eigenvalue weighted by Crippen LogP contribution is -2.27. The zero-order chi connectivity index (χ0) is 14.5. The number of nitrogens with zero attached hydrogens (tertiary/aromatic N) is 1. The number of rotatable bonds is 3. The van der Waals surface area contributed by atoms with E-state index >= 15 is 0 Å². The molecule has 2 aromatic carbocycles. The third-order valence-electron chi connectivity index (χ3n) is 4.07. The molecule has 1 aliphatic rings. The smallest absolute Gasteiger partial charge is 0.0406 e. The van der Waals surface area contributed by atoms with Crippen LogP contribution < -0.4 is 5.32 Å². The average molecular weight is 301 g/mol. The molecule has 110 valence electrons. The van der Waals surface area contributed by atoms with E-state index in [0.717, 1.165) is 37.6 Å². The van der Waals surface area contributed by atoms with Gasteiger partial charge in [0.05, 0.1) is 0 Å². The number of benzene rings is 2. The van der Waals surface area contributed by atoms with Crippen LogP contribution in [0.1, 0.15) is 23.6 Å². The van der Waals surface area contributed by atoms with Crippen molar-refractivity contribution in [3.05, 3.63) is 70.7 Å². The summed E-state index contributed by atoms with van der Waals surface area (Å²) in [5.74, 6) is 0. The largest absolute Gasteiger partial charge is 0.309 e. The van der Waals surface area contributed by atoms with E-state index in [0.29, 0.717) is 6.04 Å². The van der Waals surface area contributed by atoms with Crippen molar-refractivity contribution in [2.45, 2.75) is 19.0 Å². The lowest BCUT2D eigenvalue weighted by molar-refractivity contribution is 0.282. The zero-order valence-corrected chi connectivity index (χ0v) is 12.9. The van der Waals surface area contributed by atoms with Crippen molar-refractivity contribution in [3.63, 3.8) is 0 Å². The molecule has 3 heteroatoms. The van der Waals surface area contributed by atoms with Crippen molar-refractivity contribution >= 4 is 11.6 Å². The Labute approximate surface area is 131 Å². The van der Waals surface area contributed by atoms with Crippen molar-refractivity contribution in [3.8, 4) is 0 Å². The van der Waals surface area contributed by atoms with Gasteiger partial charge in [-0.2, -0.15) is 0 Å². The first-order valence-corrected chi connectivity index (χ1v) is 7.94. The predicted octanol–water partition coefficient (Wildman–Crippen LogP) is 3.88. The van der Waals surface area contributed by atoms with Gasteiger partial charge < -0.3 is 5.32 Å². The maximum Gasteiger partial charge on any atom is 0.0406 e. The van der Waals surface area contributed by atoms with Gasteiger partial charge in [-0.15, -0.1) is 0 Å². The minimum Gasteiger partial charge on any atom is -0.309 e. The monoisotopic (exact) mass is 300 g/mol. The Morgan fingerprint density at radius 2 is 1.76 bits per heavy atom. The molecule has 1 unspecified atom stereocenters. The molecule has 1 aliphatic heterocycles. The quantitative estimate of drug-likeness (QED) is 0.925. The molecule has 0 radical (unpaired) electrons. The molecule has 21 heavy (non-hydrogen) atoms. The van der Waals surface area contributed by atoms with Crippen LogP contribution in [0, 0.1) is 0 Å². The van der Waals surface area contributed by atoms with E-state index in [4.69, 9.17) is 11.6 Å². The fraction of sp³-hybridized carbons (Fsp3) is 0.333. The topological polar surface area (TPSA) is 15.3 Å².